The van der Waals surface area contributed by atoms with Gasteiger partial charge in [-0.25, -0.2) is 0 Å². The molecule has 0 N–H and O–H groups in total. The first kappa shape index (κ1) is 10.7. The summed E-state index contributed by atoms with van der Waals surface area (Å²) in [7, 11) is 0. The van der Waals surface area contributed by atoms with Gasteiger partial charge in [-0.1, -0.05) is 18.2 Å². The third-order valence-corrected chi connectivity index (χ3v) is 2.39. The third-order valence-electron chi connectivity index (χ3n) is 1.49. The molecule has 2 aromatic rings. The van der Waals surface area contributed by atoms with E-state index in [1.165, 1.54) is 4.88 Å². The van der Waals surface area contributed by atoms with Crippen molar-refractivity contribution >= 4 is 11.3 Å². The molecule has 2 rings (SSSR count). The normalized spacial score (nSPS) is 8.57. The molecule has 0 amide bonds. The molecule has 0 atom stereocenters. The molecule has 72 valence electrons. The fourth-order valence-electron chi connectivity index (χ4n) is 0.884. The fraction of sp³-hybridized carbons (Fsp3) is 0.0833. The van der Waals surface area contributed by atoms with Crippen LogP contribution in [0.25, 0.3) is 0 Å². The van der Waals surface area contributed by atoms with Crippen LogP contribution in [0.3, 0.4) is 0 Å². The molecule has 0 aliphatic carbocycles. The van der Waals surface area contributed by atoms with Crippen molar-refractivity contribution in [2.24, 2.45) is 0 Å². The molecule has 2 aromatic heterocycles. The lowest BCUT2D eigenvalue weighted by Gasteiger charge is -1.81. The van der Waals surface area contributed by atoms with E-state index in [9.17, 15) is 0 Å². The molecule has 0 saturated heterocycles. The molecule has 2 heterocycles. The molecule has 0 spiro atoms. The van der Waals surface area contributed by atoms with E-state index >= 15 is 0 Å². The zero-order chi connectivity index (χ0) is 10.1. The number of thiophene rings is 1. The minimum atomic E-state index is 1.01. The van der Waals surface area contributed by atoms with E-state index in [4.69, 9.17) is 0 Å². The van der Waals surface area contributed by atoms with Crippen LogP contribution in [0.1, 0.15) is 4.88 Å². The second kappa shape index (κ2) is 7.04. The van der Waals surface area contributed by atoms with Gasteiger partial charge in [0.05, 0.1) is 0 Å². The maximum atomic E-state index is 3.78. The van der Waals surface area contributed by atoms with Gasteiger partial charge in [-0.15, -0.1) is 17.9 Å². The van der Waals surface area contributed by atoms with E-state index in [0.717, 1.165) is 6.42 Å². The molecule has 0 bridgehead atoms. The number of pyridine rings is 1. The number of aromatic nitrogens is 1. The maximum Gasteiger partial charge on any atom is 0.0267 e. The molecule has 14 heavy (non-hydrogen) atoms. The Morgan fingerprint density at radius 2 is 2.00 bits per heavy atom. The van der Waals surface area contributed by atoms with E-state index < -0.39 is 0 Å². The summed E-state index contributed by atoms with van der Waals surface area (Å²) in [6.45, 7) is 3.64. The van der Waals surface area contributed by atoms with Gasteiger partial charge in [0, 0.05) is 17.3 Å². The molecule has 0 aliphatic heterocycles. The topological polar surface area (TPSA) is 12.9 Å². The Bertz CT molecular complexity index is 300. The highest BCUT2D eigenvalue weighted by Crippen LogP contribution is 2.08. The van der Waals surface area contributed by atoms with Crippen molar-refractivity contribution in [3.05, 3.63) is 65.6 Å². The van der Waals surface area contributed by atoms with Crippen LogP contribution in [0.4, 0.5) is 0 Å². The zero-order valence-electron chi connectivity index (χ0n) is 7.97. The highest BCUT2D eigenvalue weighted by atomic mass is 32.1. The van der Waals surface area contributed by atoms with E-state index in [2.05, 4.69) is 29.1 Å². The van der Waals surface area contributed by atoms with E-state index in [-0.39, 0.29) is 0 Å². The van der Waals surface area contributed by atoms with Crippen LogP contribution in [0.15, 0.2) is 60.8 Å². The molecule has 1 nitrogen and oxygen atoms in total. The van der Waals surface area contributed by atoms with Gasteiger partial charge in [0.25, 0.3) is 0 Å². The fourth-order valence-corrected chi connectivity index (χ4v) is 1.59. The minimum absolute atomic E-state index is 1.01. The summed E-state index contributed by atoms with van der Waals surface area (Å²) in [4.78, 5) is 5.17. The van der Waals surface area contributed by atoms with Crippen molar-refractivity contribution in [2.45, 2.75) is 6.42 Å². The molecular weight excluding hydrogens is 190 g/mol. The van der Waals surface area contributed by atoms with Gasteiger partial charge in [-0.3, -0.25) is 4.98 Å². The lowest BCUT2D eigenvalue weighted by molar-refractivity contribution is 1.33. The van der Waals surface area contributed by atoms with Crippen molar-refractivity contribution in [3.63, 3.8) is 0 Å². The molecule has 0 aromatic carbocycles. The van der Waals surface area contributed by atoms with Gasteiger partial charge in [0.15, 0.2) is 0 Å². The molecule has 2 heteroatoms. The van der Waals surface area contributed by atoms with Gasteiger partial charge in [-0.2, -0.15) is 0 Å². The number of hydrogen-bond acceptors (Lipinski definition) is 2. The SMILES string of the molecule is C=CCc1cccs1.c1ccncc1. The second-order valence-corrected chi connectivity index (χ2v) is 3.63. The highest BCUT2D eigenvalue weighted by Gasteiger charge is 1.84. The number of allylic oxidation sites excluding steroid dienone is 1. The van der Waals surface area contributed by atoms with Crippen LogP contribution >= 0.6 is 11.3 Å². The smallest absolute Gasteiger partial charge is 0.0267 e. The number of hydrogen-bond donors (Lipinski definition) is 0. The van der Waals surface area contributed by atoms with Crippen molar-refractivity contribution in [1.29, 1.82) is 0 Å². The van der Waals surface area contributed by atoms with Crippen LogP contribution in [0, 0.1) is 0 Å². The first-order valence-corrected chi connectivity index (χ1v) is 5.29. The van der Waals surface area contributed by atoms with E-state index in [1.807, 2.05) is 24.3 Å². The Kier molecular flexibility index (Phi) is 5.36. The summed E-state index contributed by atoms with van der Waals surface area (Å²) in [5, 5.41) is 2.08. The van der Waals surface area contributed by atoms with Crippen molar-refractivity contribution in [1.82, 2.24) is 4.98 Å². The standard InChI is InChI=1S/C7H8S.C5H5N/c1-2-4-7-5-3-6-8-7;1-2-4-6-5-3-1/h2-3,5-6H,1,4H2;1-5H. The summed E-state index contributed by atoms with van der Waals surface area (Å²) in [6.07, 6.45) is 6.43. The maximum absolute atomic E-state index is 3.78. The molecular formula is C12H13NS. The molecule has 0 fully saturated rings. The largest absolute Gasteiger partial charge is 0.265 e. The minimum Gasteiger partial charge on any atom is -0.265 e. The molecule has 0 radical (unpaired) electrons. The molecule has 0 saturated carbocycles. The summed E-state index contributed by atoms with van der Waals surface area (Å²) < 4.78 is 0. The monoisotopic (exact) mass is 203 g/mol. The average Bonchev–Trinajstić information content (AvgIpc) is 2.75. The first-order valence-electron chi connectivity index (χ1n) is 4.41. The van der Waals surface area contributed by atoms with Crippen molar-refractivity contribution in [3.8, 4) is 0 Å². The summed E-state index contributed by atoms with van der Waals surface area (Å²) in [5.74, 6) is 0. The van der Waals surface area contributed by atoms with Crippen molar-refractivity contribution in [2.75, 3.05) is 0 Å². The van der Waals surface area contributed by atoms with Crippen molar-refractivity contribution < 1.29 is 0 Å². The Hall–Kier alpha value is -1.41. The second-order valence-electron chi connectivity index (χ2n) is 2.60. The zero-order valence-corrected chi connectivity index (χ0v) is 8.78. The Labute approximate surface area is 88.8 Å². The Balaban J connectivity index is 0.000000146. The lowest BCUT2D eigenvalue weighted by atomic mass is 10.3. The average molecular weight is 203 g/mol. The Morgan fingerprint density at radius 3 is 2.36 bits per heavy atom. The van der Waals surface area contributed by atoms with Crippen LogP contribution in [-0.2, 0) is 6.42 Å². The molecule has 0 aliphatic rings. The first-order chi connectivity index (χ1) is 6.93. The van der Waals surface area contributed by atoms with Crippen LogP contribution in [0.2, 0.25) is 0 Å². The van der Waals surface area contributed by atoms with Gasteiger partial charge in [0.1, 0.15) is 0 Å². The summed E-state index contributed by atoms with van der Waals surface area (Å²) in [6, 6.07) is 9.89. The lowest BCUT2D eigenvalue weighted by Crippen LogP contribution is -1.66. The number of rotatable bonds is 2. The van der Waals surface area contributed by atoms with Gasteiger partial charge < -0.3 is 0 Å². The predicted molar refractivity (Wildman–Crippen MR) is 62.5 cm³/mol. The van der Waals surface area contributed by atoms with Crippen LogP contribution in [-0.4, -0.2) is 4.98 Å². The van der Waals surface area contributed by atoms with Crippen LogP contribution < -0.4 is 0 Å². The number of nitrogens with zero attached hydrogens (tertiary/aromatic N) is 1. The predicted octanol–water partition coefficient (Wildman–Crippen LogP) is 3.56. The third kappa shape index (κ3) is 4.58. The Morgan fingerprint density at radius 1 is 1.21 bits per heavy atom. The summed E-state index contributed by atoms with van der Waals surface area (Å²) >= 11 is 1.78. The molecule has 0 unspecified atom stereocenters. The summed E-state index contributed by atoms with van der Waals surface area (Å²) in [5.41, 5.74) is 0. The van der Waals surface area contributed by atoms with E-state index in [1.54, 1.807) is 23.7 Å². The van der Waals surface area contributed by atoms with Gasteiger partial charge in [0.2, 0.25) is 0 Å². The highest BCUT2D eigenvalue weighted by molar-refractivity contribution is 7.09. The van der Waals surface area contributed by atoms with Crippen LogP contribution in [0.5, 0.6) is 0 Å². The van der Waals surface area contributed by atoms with Gasteiger partial charge in [-0.05, 0) is 30.0 Å². The van der Waals surface area contributed by atoms with Gasteiger partial charge >= 0.3 is 0 Å². The van der Waals surface area contributed by atoms with E-state index in [0.29, 0.717) is 0 Å². The quantitative estimate of drug-likeness (QED) is 0.680.